The molecule has 41 heavy (non-hydrogen) atoms. The highest BCUT2D eigenvalue weighted by atomic mass is 35.5. The van der Waals surface area contributed by atoms with Crippen LogP contribution < -0.4 is 10.5 Å². The number of ether oxygens (including phenoxy) is 1. The molecule has 1 fully saturated rings. The molecule has 11 heteroatoms. The number of carbonyl (C=O) groups excluding carboxylic acids is 1. The Balaban J connectivity index is 1.23. The van der Waals surface area contributed by atoms with Crippen LogP contribution in [0.1, 0.15) is 45.5 Å². The molecular weight excluding hydrogens is 572 g/mol. The molecule has 4 aromatic rings. The maximum atomic E-state index is 15.3. The van der Waals surface area contributed by atoms with Crippen LogP contribution >= 0.6 is 11.6 Å². The van der Waals surface area contributed by atoms with Crippen molar-refractivity contribution in [2.24, 2.45) is 0 Å². The molecule has 2 aliphatic rings. The van der Waals surface area contributed by atoms with Crippen LogP contribution in [0, 0.1) is 18.6 Å². The van der Waals surface area contributed by atoms with Crippen molar-refractivity contribution in [3.63, 3.8) is 0 Å². The molecule has 0 saturated heterocycles. The standard InChI is InChI=1S/C30H24ClF2N3O4S/c1-16-7-23(40-22-4-2-3-21(31)12-22)13-27(33)28(16)36-30(34)25(14-35-36)29(37)19-8-17-10-20(26(32)11-18(17)9-19)15-41(38,39)24-5-6-24/h2-4,7,9-14,24H,5-6,8,15,34H2,1H3. The van der Waals surface area contributed by atoms with Crippen LogP contribution in [0.5, 0.6) is 11.5 Å². The molecule has 0 unspecified atom stereocenters. The first-order valence-electron chi connectivity index (χ1n) is 12.9. The number of anilines is 1. The highest BCUT2D eigenvalue weighted by Crippen LogP contribution is 2.35. The van der Waals surface area contributed by atoms with E-state index in [1.165, 1.54) is 24.4 Å². The van der Waals surface area contributed by atoms with Crippen LogP contribution in [0.15, 0.2) is 60.3 Å². The quantitative estimate of drug-likeness (QED) is 0.237. The van der Waals surface area contributed by atoms with E-state index in [2.05, 4.69) is 5.10 Å². The zero-order valence-corrected chi connectivity index (χ0v) is 23.4. The summed E-state index contributed by atoms with van der Waals surface area (Å²) in [6, 6.07) is 12.3. The van der Waals surface area contributed by atoms with E-state index < -0.39 is 32.5 Å². The van der Waals surface area contributed by atoms with Crippen molar-refractivity contribution >= 4 is 39.1 Å². The number of carbonyl (C=O) groups is 1. The third-order valence-electron chi connectivity index (χ3n) is 7.22. The summed E-state index contributed by atoms with van der Waals surface area (Å²) in [7, 11) is -3.41. The van der Waals surface area contributed by atoms with Crippen molar-refractivity contribution < 1.29 is 26.7 Å². The number of Topliss-reactive ketones (excluding diaryl/α,β-unsaturated/α-hetero) is 1. The molecular formula is C30H24ClF2N3O4S. The van der Waals surface area contributed by atoms with Crippen molar-refractivity contribution in [3.8, 4) is 17.2 Å². The van der Waals surface area contributed by atoms with E-state index in [1.54, 1.807) is 43.3 Å². The average Bonchev–Trinajstić information content (AvgIpc) is 3.60. The summed E-state index contributed by atoms with van der Waals surface area (Å²) >= 11 is 6.00. The van der Waals surface area contributed by atoms with Gasteiger partial charge in [0.1, 0.15) is 28.8 Å². The predicted octanol–water partition coefficient (Wildman–Crippen LogP) is 6.39. The van der Waals surface area contributed by atoms with Gasteiger partial charge in [0.15, 0.2) is 21.4 Å². The molecule has 0 radical (unpaired) electrons. The summed E-state index contributed by atoms with van der Waals surface area (Å²) in [6.07, 6.45) is 4.22. The number of aryl methyl sites for hydroxylation is 1. The Labute approximate surface area is 240 Å². The number of aromatic nitrogens is 2. The zero-order chi connectivity index (χ0) is 29.1. The van der Waals surface area contributed by atoms with Crippen molar-refractivity contribution in [3.05, 3.63) is 105 Å². The van der Waals surface area contributed by atoms with Crippen molar-refractivity contribution in [2.45, 2.75) is 37.2 Å². The molecule has 0 bridgehead atoms. The molecule has 3 aromatic carbocycles. The Hall–Kier alpha value is -4.02. The second-order valence-electron chi connectivity index (χ2n) is 10.3. The molecule has 0 atom stereocenters. The molecule has 0 amide bonds. The average molecular weight is 596 g/mol. The molecule has 6 rings (SSSR count). The Morgan fingerprint density at radius 2 is 1.90 bits per heavy atom. The number of ketones is 1. The fourth-order valence-corrected chi connectivity index (χ4v) is 6.94. The molecule has 0 spiro atoms. The first kappa shape index (κ1) is 27.2. The van der Waals surface area contributed by atoms with Gasteiger partial charge in [-0.2, -0.15) is 5.10 Å². The highest BCUT2D eigenvalue weighted by Gasteiger charge is 2.36. The van der Waals surface area contributed by atoms with Gasteiger partial charge < -0.3 is 10.5 Å². The smallest absolute Gasteiger partial charge is 0.194 e. The maximum absolute atomic E-state index is 15.3. The highest BCUT2D eigenvalue weighted by molar-refractivity contribution is 7.91. The van der Waals surface area contributed by atoms with E-state index in [-0.39, 0.29) is 40.6 Å². The number of nitrogens with zero attached hydrogens (tertiary/aromatic N) is 2. The van der Waals surface area contributed by atoms with E-state index in [1.807, 2.05) is 0 Å². The minimum atomic E-state index is -3.41. The minimum absolute atomic E-state index is 0.0558. The molecule has 1 heterocycles. The van der Waals surface area contributed by atoms with Gasteiger partial charge in [0.2, 0.25) is 0 Å². The summed E-state index contributed by atoms with van der Waals surface area (Å²) in [5.74, 6) is -1.45. The lowest BCUT2D eigenvalue weighted by Crippen LogP contribution is -2.11. The largest absolute Gasteiger partial charge is 0.457 e. The molecule has 1 saturated carbocycles. The fourth-order valence-electron chi connectivity index (χ4n) is 5.02. The van der Waals surface area contributed by atoms with Gasteiger partial charge >= 0.3 is 0 Å². The first-order chi connectivity index (χ1) is 19.5. The summed E-state index contributed by atoms with van der Waals surface area (Å²) < 4.78 is 61.7. The third-order valence-corrected chi connectivity index (χ3v) is 9.66. The van der Waals surface area contributed by atoms with Crippen molar-refractivity contribution in [2.75, 3.05) is 5.73 Å². The molecule has 210 valence electrons. The Morgan fingerprint density at radius 1 is 1.12 bits per heavy atom. The Bertz CT molecular complexity index is 1860. The summed E-state index contributed by atoms with van der Waals surface area (Å²) in [5.41, 5.74) is 8.48. The molecule has 2 N–H and O–H groups in total. The van der Waals surface area contributed by atoms with E-state index in [0.717, 1.165) is 4.68 Å². The molecule has 0 aliphatic heterocycles. The predicted molar refractivity (Wildman–Crippen MR) is 152 cm³/mol. The minimum Gasteiger partial charge on any atom is -0.457 e. The number of hydrogen-bond donors (Lipinski definition) is 1. The molecule has 2 aliphatic carbocycles. The van der Waals surface area contributed by atoms with E-state index in [4.69, 9.17) is 22.1 Å². The van der Waals surface area contributed by atoms with Crippen LogP contribution in [0.25, 0.3) is 11.8 Å². The number of rotatable bonds is 8. The number of fused-ring (bicyclic) bond motifs is 1. The van der Waals surface area contributed by atoms with Crippen LogP contribution in [-0.2, 0) is 22.0 Å². The number of halogens is 3. The van der Waals surface area contributed by atoms with E-state index >= 15 is 4.39 Å². The van der Waals surface area contributed by atoms with E-state index in [0.29, 0.717) is 45.9 Å². The second-order valence-corrected chi connectivity index (χ2v) is 13.0. The first-order valence-corrected chi connectivity index (χ1v) is 14.9. The number of allylic oxidation sites excluding steroid dienone is 1. The SMILES string of the molecule is Cc1cc(Oc2cccc(Cl)c2)cc(F)c1-n1ncc(C(=O)C2=Cc3cc(F)c(CS(=O)(=O)C4CC4)cc3C2)c1N. The lowest BCUT2D eigenvalue weighted by atomic mass is 10.0. The van der Waals surface area contributed by atoms with Gasteiger partial charge in [-0.05, 0) is 72.9 Å². The number of sulfone groups is 1. The summed E-state index contributed by atoms with van der Waals surface area (Å²) in [4.78, 5) is 13.4. The van der Waals surface area contributed by atoms with Gasteiger partial charge in [0, 0.05) is 28.6 Å². The lowest BCUT2D eigenvalue weighted by molar-refractivity contribution is 0.103. The van der Waals surface area contributed by atoms with Crippen molar-refractivity contribution in [1.82, 2.24) is 9.78 Å². The van der Waals surface area contributed by atoms with Crippen LogP contribution in [0.4, 0.5) is 14.6 Å². The lowest BCUT2D eigenvalue weighted by Gasteiger charge is -2.13. The zero-order valence-electron chi connectivity index (χ0n) is 21.8. The monoisotopic (exact) mass is 595 g/mol. The topological polar surface area (TPSA) is 104 Å². The Morgan fingerprint density at radius 3 is 2.61 bits per heavy atom. The van der Waals surface area contributed by atoms with Crippen molar-refractivity contribution in [1.29, 1.82) is 0 Å². The van der Waals surface area contributed by atoms with E-state index in [9.17, 15) is 17.6 Å². The number of benzene rings is 3. The summed E-state index contributed by atoms with van der Waals surface area (Å²) in [6.45, 7) is 1.66. The normalized spacial score (nSPS) is 14.6. The van der Waals surface area contributed by atoms with Crippen LogP contribution in [0.3, 0.4) is 0 Å². The van der Waals surface area contributed by atoms with Crippen LogP contribution in [0.2, 0.25) is 5.02 Å². The van der Waals surface area contributed by atoms with Gasteiger partial charge in [-0.25, -0.2) is 21.9 Å². The number of hydrogen-bond acceptors (Lipinski definition) is 6. The van der Waals surface area contributed by atoms with Gasteiger partial charge in [0.25, 0.3) is 0 Å². The summed E-state index contributed by atoms with van der Waals surface area (Å²) in [5, 5.41) is 4.26. The third kappa shape index (κ3) is 5.25. The van der Waals surface area contributed by atoms with Gasteiger partial charge in [-0.3, -0.25) is 4.79 Å². The number of nitrogens with two attached hydrogens (primary N) is 1. The molecule has 7 nitrogen and oxygen atoms in total. The molecule has 1 aromatic heterocycles. The second kappa shape index (κ2) is 10.1. The van der Waals surface area contributed by atoms with Gasteiger partial charge in [-0.1, -0.05) is 23.7 Å². The van der Waals surface area contributed by atoms with Crippen LogP contribution in [-0.4, -0.2) is 29.2 Å². The number of nitrogen functional groups attached to an aromatic ring is 1. The van der Waals surface area contributed by atoms with Gasteiger partial charge in [-0.15, -0.1) is 0 Å². The maximum Gasteiger partial charge on any atom is 0.194 e. The Kier molecular flexibility index (Phi) is 6.70. The fraction of sp³-hybridized carbons (Fsp3) is 0.200. The van der Waals surface area contributed by atoms with Gasteiger partial charge in [0.05, 0.1) is 22.8 Å².